The molecule has 0 unspecified atom stereocenters. The van der Waals surface area contributed by atoms with Crippen LogP contribution in [0.2, 0.25) is 0 Å². The first kappa shape index (κ1) is 13.5. The van der Waals surface area contributed by atoms with Gasteiger partial charge in [-0.3, -0.25) is 4.72 Å². The van der Waals surface area contributed by atoms with Crippen LogP contribution in [0, 0.1) is 5.82 Å². The molecule has 8 heteroatoms. The van der Waals surface area contributed by atoms with Crippen molar-refractivity contribution < 1.29 is 22.7 Å². The van der Waals surface area contributed by atoms with Gasteiger partial charge in [-0.2, -0.15) is 0 Å². The Balaban J connectivity index is 2.34. The molecule has 0 aliphatic carbocycles. The zero-order valence-corrected chi connectivity index (χ0v) is 11.0. The van der Waals surface area contributed by atoms with Gasteiger partial charge in [0.15, 0.2) is 0 Å². The maximum absolute atomic E-state index is 12.7. The number of carboxylic acid groups (broad SMARTS) is 1. The molecular weight excluding hydrogens is 293 g/mol. The van der Waals surface area contributed by atoms with E-state index in [0.29, 0.717) is 0 Å². The van der Waals surface area contributed by atoms with E-state index < -0.39 is 21.8 Å². The molecule has 1 aromatic heterocycles. The third-order valence-electron chi connectivity index (χ3n) is 2.25. The van der Waals surface area contributed by atoms with Crippen molar-refractivity contribution in [3.63, 3.8) is 0 Å². The number of sulfonamides is 1. The van der Waals surface area contributed by atoms with Crippen LogP contribution in [0.15, 0.2) is 40.6 Å². The lowest BCUT2D eigenvalue weighted by Crippen LogP contribution is -2.14. The predicted octanol–water partition coefficient (Wildman–Crippen LogP) is 2.39. The van der Waals surface area contributed by atoms with E-state index >= 15 is 0 Å². The van der Waals surface area contributed by atoms with E-state index in [1.54, 1.807) is 0 Å². The summed E-state index contributed by atoms with van der Waals surface area (Å²) in [7, 11) is -3.93. The molecule has 0 atom stereocenters. The summed E-state index contributed by atoms with van der Waals surface area (Å²) in [4.78, 5) is 10.7. The first-order valence-corrected chi connectivity index (χ1v) is 7.35. The summed E-state index contributed by atoms with van der Waals surface area (Å²) < 4.78 is 38.8. The molecule has 5 nitrogen and oxygen atoms in total. The number of aromatic carboxylic acids is 1. The van der Waals surface area contributed by atoms with Crippen LogP contribution < -0.4 is 4.72 Å². The van der Waals surface area contributed by atoms with E-state index in [4.69, 9.17) is 5.11 Å². The lowest BCUT2D eigenvalue weighted by Gasteiger charge is -2.07. The first-order chi connectivity index (χ1) is 8.90. The molecule has 2 aromatic rings. The van der Waals surface area contributed by atoms with Gasteiger partial charge >= 0.3 is 5.97 Å². The molecule has 100 valence electrons. The summed E-state index contributed by atoms with van der Waals surface area (Å²) in [6.45, 7) is 0. The standard InChI is InChI=1S/C11H8FNO4S2/c12-7-1-3-8(4-2-7)19(16,17)13-10-9(11(14)15)5-6-18-10/h1-6,13H,(H,14,15). The minimum atomic E-state index is -3.93. The van der Waals surface area contributed by atoms with E-state index in [-0.39, 0.29) is 15.5 Å². The number of benzene rings is 1. The van der Waals surface area contributed by atoms with Gasteiger partial charge in [0.1, 0.15) is 10.8 Å². The molecular formula is C11H8FNO4S2. The molecule has 0 spiro atoms. The highest BCUT2D eigenvalue weighted by Crippen LogP contribution is 2.26. The van der Waals surface area contributed by atoms with Crippen LogP contribution in [-0.2, 0) is 10.0 Å². The van der Waals surface area contributed by atoms with Gasteiger partial charge in [0.25, 0.3) is 10.0 Å². The van der Waals surface area contributed by atoms with Crippen molar-refractivity contribution in [3.8, 4) is 0 Å². The normalized spacial score (nSPS) is 11.2. The van der Waals surface area contributed by atoms with Gasteiger partial charge < -0.3 is 5.11 Å². The first-order valence-electron chi connectivity index (χ1n) is 4.99. The summed E-state index contributed by atoms with van der Waals surface area (Å²) in [6, 6.07) is 5.54. The van der Waals surface area contributed by atoms with Crippen molar-refractivity contribution in [2.24, 2.45) is 0 Å². The fraction of sp³-hybridized carbons (Fsp3) is 0. The lowest BCUT2D eigenvalue weighted by molar-refractivity contribution is 0.0698. The molecule has 1 heterocycles. The Morgan fingerprint density at radius 1 is 1.21 bits per heavy atom. The molecule has 0 saturated carbocycles. The second-order valence-corrected chi connectivity index (χ2v) is 6.13. The van der Waals surface area contributed by atoms with Crippen molar-refractivity contribution in [2.75, 3.05) is 4.72 Å². The summed E-state index contributed by atoms with van der Waals surface area (Å²) in [5.41, 5.74) is -0.129. The van der Waals surface area contributed by atoms with Crippen LogP contribution in [-0.4, -0.2) is 19.5 Å². The maximum atomic E-state index is 12.7. The van der Waals surface area contributed by atoms with E-state index in [1.807, 2.05) is 0 Å². The quantitative estimate of drug-likeness (QED) is 0.908. The largest absolute Gasteiger partial charge is 0.478 e. The van der Waals surface area contributed by atoms with Crippen LogP contribution in [0.5, 0.6) is 0 Å². The number of hydrogen-bond donors (Lipinski definition) is 2. The molecule has 0 amide bonds. The Morgan fingerprint density at radius 3 is 2.42 bits per heavy atom. The summed E-state index contributed by atoms with van der Waals surface area (Å²) in [6.07, 6.45) is 0. The molecule has 2 N–H and O–H groups in total. The molecule has 0 fully saturated rings. The molecule has 19 heavy (non-hydrogen) atoms. The van der Waals surface area contributed by atoms with Crippen molar-refractivity contribution >= 4 is 32.3 Å². The number of hydrogen-bond acceptors (Lipinski definition) is 4. The Hall–Kier alpha value is -1.93. The molecule has 0 aliphatic rings. The Morgan fingerprint density at radius 2 is 1.84 bits per heavy atom. The van der Waals surface area contributed by atoms with Crippen LogP contribution in [0.3, 0.4) is 0 Å². The number of thiophene rings is 1. The van der Waals surface area contributed by atoms with Crippen molar-refractivity contribution in [1.29, 1.82) is 0 Å². The SMILES string of the molecule is O=C(O)c1ccsc1NS(=O)(=O)c1ccc(F)cc1. The number of rotatable bonds is 4. The average Bonchev–Trinajstić information content (AvgIpc) is 2.77. The highest BCUT2D eigenvalue weighted by Gasteiger charge is 2.19. The van der Waals surface area contributed by atoms with Crippen molar-refractivity contribution in [2.45, 2.75) is 4.90 Å². The van der Waals surface area contributed by atoms with E-state index in [2.05, 4.69) is 4.72 Å². The van der Waals surface area contributed by atoms with E-state index in [1.165, 1.54) is 11.4 Å². The molecule has 1 aromatic carbocycles. The summed E-state index contributed by atoms with van der Waals surface area (Å²) in [5, 5.41) is 10.4. The third-order valence-corrected chi connectivity index (χ3v) is 4.57. The van der Waals surface area contributed by atoms with Gasteiger partial charge in [-0.25, -0.2) is 17.6 Å². The highest BCUT2D eigenvalue weighted by atomic mass is 32.2. The Bertz CT molecular complexity index is 707. The second-order valence-electron chi connectivity index (χ2n) is 3.53. The van der Waals surface area contributed by atoms with E-state index in [9.17, 15) is 17.6 Å². The minimum absolute atomic E-state index is 0.0109. The van der Waals surface area contributed by atoms with Crippen LogP contribution >= 0.6 is 11.3 Å². The van der Waals surface area contributed by atoms with Gasteiger partial charge in [0.05, 0.1) is 10.5 Å². The van der Waals surface area contributed by atoms with Crippen molar-refractivity contribution in [1.82, 2.24) is 0 Å². The highest BCUT2D eigenvalue weighted by molar-refractivity contribution is 7.93. The topological polar surface area (TPSA) is 83.5 Å². The fourth-order valence-corrected chi connectivity index (χ4v) is 3.46. The average molecular weight is 301 g/mol. The predicted molar refractivity (Wildman–Crippen MR) is 68.5 cm³/mol. The summed E-state index contributed by atoms with van der Waals surface area (Å²) >= 11 is 0.957. The molecule has 0 saturated heterocycles. The zero-order valence-electron chi connectivity index (χ0n) is 9.33. The monoisotopic (exact) mass is 301 g/mol. The number of carbonyl (C=O) groups is 1. The molecule has 0 radical (unpaired) electrons. The minimum Gasteiger partial charge on any atom is -0.478 e. The van der Waals surface area contributed by atoms with Gasteiger partial charge in [0, 0.05) is 0 Å². The van der Waals surface area contributed by atoms with Gasteiger partial charge in [-0.1, -0.05) is 0 Å². The number of nitrogens with one attached hydrogen (secondary N) is 1. The second kappa shape index (κ2) is 4.98. The lowest BCUT2D eigenvalue weighted by atomic mass is 10.3. The van der Waals surface area contributed by atoms with E-state index in [0.717, 1.165) is 35.6 Å². The maximum Gasteiger partial charge on any atom is 0.338 e. The Kier molecular flexibility index (Phi) is 3.54. The smallest absolute Gasteiger partial charge is 0.338 e. The summed E-state index contributed by atoms with van der Waals surface area (Å²) in [5.74, 6) is -1.78. The third kappa shape index (κ3) is 2.91. The molecule has 0 aliphatic heterocycles. The van der Waals surface area contributed by atoms with Crippen LogP contribution in [0.1, 0.15) is 10.4 Å². The number of carboxylic acids is 1. The number of anilines is 1. The van der Waals surface area contributed by atoms with Gasteiger partial charge in [0.2, 0.25) is 0 Å². The van der Waals surface area contributed by atoms with Crippen molar-refractivity contribution in [3.05, 3.63) is 47.1 Å². The van der Waals surface area contributed by atoms with Gasteiger partial charge in [-0.05, 0) is 35.7 Å². The zero-order chi connectivity index (χ0) is 14.0. The van der Waals surface area contributed by atoms with Crippen LogP contribution in [0.25, 0.3) is 0 Å². The van der Waals surface area contributed by atoms with Gasteiger partial charge in [-0.15, -0.1) is 11.3 Å². The fourth-order valence-electron chi connectivity index (χ4n) is 1.35. The Labute approximate surface area is 112 Å². The molecule has 0 bridgehead atoms. The number of halogens is 1. The van der Waals surface area contributed by atoms with Crippen LogP contribution in [0.4, 0.5) is 9.39 Å². The molecule has 2 rings (SSSR count).